The maximum Gasteiger partial charge on any atom is 0.125 e. The minimum absolute atomic E-state index is 0.358. The predicted octanol–water partition coefficient (Wildman–Crippen LogP) is 3.45. The third-order valence-electron chi connectivity index (χ3n) is 3.20. The van der Waals surface area contributed by atoms with Crippen LogP contribution < -0.4 is 5.32 Å². The molecule has 1 aliphatic heterocycles. The number of fused-ring (bicyclic) bond motifs is 3. The Balaban J connectivity index is 2.37. The number of rotatable bonds is 1. The van der Waals surface area contributed by atoms with Crippen LogP contribution in [0.3, 0.4) is 0 Å². The van der Waals surface area contributed by atoms with E-state index in [0.717, 1.165) is 28.3 Å². The van der Waals surface area contributed by atoms with Gasteiger partial charge in [-0.05, 0) is 10.9 Å². The van der Waals surface area contributed by atoms with Gasteiger partial charge < -0.3 is 10.4 Å². The first-order valence-corrected chi connectivity index (χ1v) is 6.48. The normalized spacial score (nSPS) is 18.4. The summed E-state index contributed by atoms with van der Waals surface area (Å²) in [6.07, 6.45) is 0. The lowest BCUT2D eigenvalue weighted by atomic mass is 9.95. The molecule has 82 valence electrons. The van der Waals surface area contributed by atoms with Gasteiger partial charge in [0, 0.05) is 34.9 Å². The Morgan fingerprint density at radius 1 is 1.31 bits per heavy atom. The van der Waals surface area contributed by atoms with Gasteiger partial charge in [0.2, 0.25) is 0 Å². The summed E-state index contributed by atoms with van der Waals surface area (Å²) in [6.45, 7) is 0.939. The Labute approximate surface area is 102 Å². The van der Waals surface area contributed by atoms with Crippen molar-refractivity contribution in [3.05, 3.63) is 35.9 Å². The topological polar surface area (TPSA) is 32.3 Å². The average molecular weight is 278 g/mol. The molecular formula is C13H12BrNO. The minimum Gasteiger partial charge on any atom is -0.507 e. The van der Waals surface area contributed by atoms with Gasteiger partial charge in [-0.2, -0.15) is 0 Å². The van der Waals surface area contributed by atoms with E-state index in [1.165, 1.54) is 5.56 Å². The van der Waals surface area contributed by atoms with E-state index in [1.54, 1.807) is 0 Å². The second-order valence-electron chi connectivity index (χ2n) is 4.13. The SMILES string of the molecule is Oc1cc2c(c3ccccc13)[C@H](CBr)CN2. The van der Waals surface area contributed by atoms with Gasteiger partial charge in [0.25, 0.3) is 0 Å². The monoisotopic (exact) mass is 277 g/mol. The zero-order chi connectivity index (χ0) is 11.1. The molecule has 1 heterocycles. The molecule has 2 aromatic carbocycles. The van der Waals surface area contributed by atoms with Gasteiger partial charge in [0.05, 0.1) is 0 Å². The Morgan fingerprint density at radius 3 is 2.81 bits per heavy atom. The maximum atomic E-state index is 9.94. The highest BCUT2D eigenvalue weighted by Crippen LogP contribution is 2.41. The summed E-state index contributed by atoms with van der Waals surface area (Å²) in [7, 11) is 0. The number of nitrogens with one attached hydrogen (secondary N) is 1. The van der Waals surface area contributed by atoms with E-state index >= 15 is 0 Å². The fraction of sp³-hybridized carbons (Fsp3) is 0.231. The number of phenolic OH excluding ortho intramolecular Hbond substituents is 1. The van der Waals surface area contributed by atoms with Gasteiger partial charge in [-0.15, -0.1) is 0 Å². The van der Waals surface area contributed by atoms with E-state index in [-0.39, 0.29) is 0 Å². The standard InChI is InChI=1S/C13H12BrNO/c14-6-8-7-15-11-5-12(16)9-3-1-2-4-10(9)13(8)11/h1-5,8,15-16H,6-7H2/t8-/m1/s1. The molecular weight excluding hydrogens is 266 g/mol. The highest BCUT2D eigenvalue weighted by atomic mass is 79.9. The third-order valence-corrected chi connectivity index (χ3v) is 3.98. The van der Waals surface area contributed by atoms with Gasteiger partial charge in [-0.3, -0.25) is 0 Å². The molecule has 1 atom stereocenters. The second kappa shape index (κ2) is 3.67. The maximum absolute atomic E-state index is 9.94. The van der Waals surface area contributed by atoms with Crippen molar-refractivity contribution in [3.8, 4) is 5.75 Å². The van der Waals surface area contributed by atoms with Crippen molar-refractivity contribution in [3.63, 3.8) is 0 Å². The first-order chi connectivity index (χ1) is 7.81. The van der Waals surface area contributed by atoms with E-state index < -0.39 is 0 Å². The molecule has 0 bridgehead atoms. The predicted molar refractivity (Wildman–Crippen MR) is 70.6 cm³/mol. The summed E-state index contributed by atoms with van der Waals surface area (Å²) in [6, 6.07) is 9.86. The van der Waals surface area contributed by atoms with Gasteiger partial charge in [-0.25, -0.2) is 0 Å². The summed E-state index contributed by atoms with van der Waals surface area (Å²) in [5, 5.41) is 16.3. The minimum atomic E-state index is 0.358. The van der Waals surface area contributed by atoms with Crippen molar-refractivity contribution in [2.45, 2.75) is 5.92 Å². The molecule has 1 aliphatic rings. The molecule has 0 saturated carbocycles. The zero-order valence-electron chi connectivity index (χ0n) is 8.70. The number of benzene rings is 2. The van der Waals surface area contributed by atoms with E-state index in [9.17, 15) is 5.11 Å². The van der Waals surface area contributed by atoms with Crippen LogP contribution in [0.4, 0.5) is 5.69 Å². The molecule has 2 N–H and O–H groups in total. The van der Waals surface area contributed by atoms with Crippen LogP contribution in [0.5, 0.6) is 5.75 Å². The fourth-order valence-corrected chi connectivity index (χ4v) is 2.98. The largest absolute Gasteiger partial charge is 0.507 e. The zero-order valence-corrected chi connectivity index (χ0v) is 10.3. The van der Waals surface area contributed by atoms with Crippen LogP contribution in [0.25, 0.3) is 10.8 Å². The Bertz CT molecular complexity index is 553. The van der Waals surface area contributed by atoms with Crippen LogP contribution in [0.2, 0.25) is 0 Å². The smallest absolute Gasteiger partial charge is 0.125 e. The lowest BCUT2D eigenvalue weighted by Gasteiger charge is -2.10. The summed E-state index contributed by atoms with van der Waals surface area (Å²) in [5.74, 6) is 0.845. The number of hydrogen-bond acceptors (Lipinski definition) is 2. The molecule has 0 aromatic heterocycles. The van der Waals surface area contributed by atoms with Crippen LogP contribution in [0.1, 0.15) is 11.5 Å². The molecule has 0 saturated heterocycles. The summed E-state index contributed by atoms with van der Waals surface area (Å²) < 4.78 is 0. The van der Waals surface area contributed by atoms with Crippen LogP contribution in [0, 0.1) is 0 Å². The van der Waals surface area contributed by atoms with E-state index in [2.05, 4.69) is 27.3 Å². The molecule has 0 fully saturated rings. The summed E-state index contributed by atoms with van der Waals surface area (Å²) >= 11 is 3.55. The highest BCUT2D eigenvalue weighted by molar-refractivity contribution is 9.09. The van der Waals surface area contributed by atoms with E-state index in [4.69, 9.17) is 0 Å². The van der Waals surface area contributed by atoms with Gasteiger partial charge in [0.1, 0.15) is 5.75 Å². The quantitative estimate of drug-likeness (QED) is 0.783. The van der Waals surface area contributed by atoms with Gasteiger partial charge in [0.15, 0.2) is 0 Å². The molecule has 0 amide bonds. The second-order valence-corrected chi connectivity index (χ2v) is 4.78. The molecule has 0 aliphatic carbocycles. The number of aromatic hydroxyl groups is 1. The lowest BCUT2D eigenvalue weighted by Crippen LogP contribution is -2.02. The Hall–Kier alpha value is -1.22. The Kier molecular flexibility index (Phi) is 2.28. The van der Waals surface area contributed by atoms with Crippen molar-refractivity contribution in [1.29, 1.82) is 0 Å². The number of phenols is 1. The molecule has 2 nitrogen and oxygen atoms in total. The molecule has 3 rings (SSSR count). The number of hydrogen-bond donors (Lipinski definition) is 2. The Morgan fingerprint density at radius 2 is 2.06 bits per heavy atom. The van der Waals surface area contributed by atoms with Crippen molar-refractivity contribution >= 4 is 32.4 Å². The third kappa shape index (κ3) is 1.31. The molecule has 2 aromatic rings. The van der Waals surface area contributed by atoms with Gasteiger partial charge >= 0.3 is 0 Å². The molecule has 16 heavy (non-hydrogen) atoms. The van der Waals surface area contributed by atoms with E-state index in [0.29, 0.717) is 11.7 Å². The van der Waals surface area contributed by atoms with Crippen molar-refractivity contribution in [2.24, 2.45) is 0 Å². The van der Waals surface area contributed by atoms with Crippen LogP contribution in [0.15, 0.2) is 30.3 Å². The van der Waals surface area contributed by atoms with Crippen molar-refractivity contribution in [2.75, 3.05) is 17.2 Å². The number of alkyl halides is 1. The molecule has 0 radical (unpaired) electrons. The summed E-state index contributed by atoms with van der Waals surface area (Å²) in [5.41, 5.74) is 2.39. The van der Waals surface area contributed by atoms with Crippen molar-refractivity contribution < 1.29 is 5.11 Å². The lowest BCUT2D eigenvalue weighted by molar-refractivity contribution is 0.482. The van der Waals surface area contributed by atoms with Crippen LogP contribution in [-0.2, 0) is 0 Å². The molecule has 3 heteroatoms. The first-order valence-electron chi connectivity index (χ1n) is 5.35. The molecule has 0 spiro atoms. The number of halogens is 1. The summed E-state index contributed by atoms with van der Waals surface area (Å²) in [4.78, 5) is 0. The number of anilines is 1. The highest BCUT2D eigenvalue weighted by Gasteiger charge is 2.24. The first kappa shape index (κ1) is 9.97. The fourth-order valence-electron chi connectivity index (χ4n) is 2.43. The van der Waals surface area contributed by atoms with E-state index in [1.807, 2.05) is 24.3 Å². The van der Waals surface area contributed by atoms with Crippen LogP contribution in [-0.4, -0.2) is 17.0 Å². The average Bonchev–Trinajstić information content (AvgIpc) is 2.72. The molecule has 0 unspecified atom stereocenters. The van der Waals surface area contributed by atoms with Crippen molar-refractivity contribution in [1.82, 2.24) is 0 Å². The van der Waals surface area contributed by atoms with Crippen LogP contribution >= 0.6 is 15.9 Å². The van der Waals surface area contributed by atoms with Gasteiger partial charge in [-0.1, -0.05) is 40.2 Å².